The van der Waals surface area contributed by atoms with Crippen LogP contribution in [0.25, 0.3) is 0 Å². The van der Waals surface area contributed by atoms with Gasteiger partial charge in [0.05, 0.1) is 17.6 Å². The van der Waals surface area contributed by atoms with Crippen molar-refractivity contribution in [3.05, 3.63) is 23.8 Å². The Labute approximate surface area is 75.2 Å². The van der Waals surface area contributed by atoms with E-state index in [2.05, 4.69) is 4.98 Å². The molecule has 1 aliphatic rings. The maximum Gasteiger partial charge on any atom is 0.227 e. The molecule has 0 bridgehead atoms. The zero-order chi connectivity index (χ0) is 9.42. The smallest absolute Gasteiger partial charge is 0.227 e. The van der Waals surface area contributed by atoms with Crippen molar-refractivity contribution in [1.29, 1.82) is 0 Å². The van der Waals surface area contributed by atoms with E-state index >= 15 is 0 Å². The maximum atomic E-state index is 12.8. The van der Waals surface area contributed by atoms with Gasteiger partial charge in [-0.1, -0.05) is 0 Å². The number of aromatic nitrogens is 1. The van der Waals surface area contributed by atoms with Crippen molar-refractivity contribution in [3.63, 3.8) is 0 Å². The van der Waals surface area contributed by atoms with Crippen LogP contribution in [0.2, 0.25) is 0 Å². The lowest BCUT2D eigenvalue weighted by molar-refractivity contribution is -0.118. The summed E-state index contributed by atoms with van der Waals surface area (Å²) in [4.78, 5) is 16.6. The van der Waals surface area contributed by atoms with Gasteiger partial charge in [0.2, 0.25) is 5.91 Å². The van der Waals surface area contributed by atoms with Crippen molar-refractivity contribution in [2.45, 2.75) is 12.8 Å². The van der Waals surface area contributed by atoms with E-state index in [0.29, 0.717) is 18.5 Å². The minimum Gasteiger partial charge on any atom is -0.314 e. The highest BCUT2D eigenvalue weighted by Gasteiger charge is 2.21. The lowest BCUT2D eigenvalue weighted by Crippen LogP contribution is -2.31. The molecule has 1 aromatic rings. The minimum atomic E-state index is -0.402. The van der Waals surface area contributed by atoms with Crippen molar-refractivity contribution in [3.8, 4) is 0 Å². The number of rotatable bonds is 0. The van der Waals surface area contributed by atoms with Crippen LogP contribution in [-0.4, -0.2) is 17.9 Å². The standard InChI is InChI=1S/C9H9FN2O/c1-12-8-4-6(10)5-11-7(8)2-3-9(12)13/h4-5H,2-3H2,1H3. The average Bonchev–Trinajstić information content (AvgIpc) is 2.12. The summed E-state index contributed by atoms with van der Waals surface area (Å²) in [7, 11) is 1.64. The number of hydrogen-bond donors (Lipinski definition) is 0. The van der Waals surface area contributed by atoms with Gasteiger partial charge in [-0.15, -0.1) is 0 Å². The van der Waals surface area contributed by atoms with Gasteiger partial charge in [0, 0.05) is 26.0 Å². The number of hydrogen-bond acceptors (Lipinski definition) is 2. The zero-order valence-corrected chi connectivity index (χ0v) is 7.25. The molecule has 2 heterocycles. The van der Waals surface area contributed by atoms with E-state index in [-0.39, 0.29) is 5.91 Å². The summed E-state index contributed by atoms with van der Waals surface area (Å²) < 4.78 is 12.8. The van der Waals surface area contributed by atoms with Gasteiger partial charge in [-0.05, 0) is 0 Å². The molecule has 0 saturated heterocycles. The Hall–Kier alpha value is -1.45. The van der Waals surface area contributed by atoms with Crippen LogP contribution < -0.4 is 4.90 Å². The van der Waals surface area contributed by atoms with Crippen LogP contribution in [0.1, 0.15) is 12.1 Å². The molecule has 0 N–H and O–H groups in total. The summed E-state index contributed by atoms with van der Waals surface area (Å²) in [5.74, 6) is -0.389. The van der Waals surface area contributed by atoms with Gasteiger partial charge >= 0.3 is 0 Å². The zero-order valence-electron chi connectivity index (χ0n) is 7.25. The second-order valence-corrected chi connectivity index (χ2v) is 3.07. The fourth-order valence-corrected chi connectivity index (χ4v) is 1.47. The van der Waals surface area contributed by atoms with Gasteiger partial charge in [-0.2, -0.15) is 0 Å². The molecule has 0 fully saturated rings. The van der Waals surface area contributed by atoms with E-state index in [0.717, 1.165) is 5.69 Å². The Bertz CT molecular complexity index is 365. The van der Waals surface area contributed by atoms with E-state index in [4.69, 9.17) is 0 Å². The second-order valence-electron chi connectivity index (χ2n) is 3.07. The van der Waals surface area contributed by atoms with E-state index in [1.54, 1.807) is 7.05 Å². The summed E-state index contributed by atoms with van der Waals surface area (Å²) >= 11 is 0. The fraction of sp³-hybridized carbons (Fsp3) is 0.333. The quantitative estimate of drug-likeness (QED) is 0.599. The predicted octanol–water partition coefficient (Wildman–Crippen LogP) is 1.13. The molecule has 3 nitrogen and oxygen atoms in total. The lowest BCUT2D eigenvalue weighted by atomic mass is 10.1. The van der Waals surface area contributed by atoms with E-state index in [1.807, 2.05) is 0 Å². The van der Waals surface area contributed by atoms with Crippen molar-refractivity contribution in [2.24, 2.45) is 0 Å². The fourth-order valence-electron chi connectivity index (χ4n) is 1.47. The van der Waals surface area contributed by atoms with Crippen LogP contribution in [0, 0.1) is 5.82 Å². The van der Waals surface area contributed by atoms with Gasteiger partial charge in [0.1, 0.15) is 5.82 Å². The first-order chi connectivity index (χ1) is 6.18. The minimum absolute atomic E-state index is 0.0138. The molecule has 0 unspecified atom stereocenters. The SMILES string of the molecule is CN1C(=O)CCc2ncc(F)cc21. The summed E-state index contributed by atoms with van der Waals surface area (Å²) in [5.41, 5.74) is 1.39. The molecule has 0 atom stereocenters. The van der Waals surface area contributed by atoms with Gasteiger partial charge < -0.3 is 4.90 Å². The highest BCUT2D eigenvalue weighted by Crippen LogP contribution is 2.24. The Kier molecular flexibility index (Phi) is 1.76. The van der Waals surface area contributed by atoms with Crippen LogP contribution in [0.15, 0.2) is 12.3 Å². The number of fused-ring (bicyclic) bond motifs is 1. The maximum absolute atomic E-state index is 12.8. The summed E-state index contributed by atoms with van der Waals surface area (Å²) in [6, 6.07) is 1.35. The number of aryl methyl sites for hydroxylation is 1. The highest BCUT2D eigenvalue weighted by atomic mass is 19.1. The van der Waals surface area contributed by atoms with Crippen molar-refractivity contribution < 1.29 is 9.18 Å². The molecular formula is C9H9FN2O. The van der Waals surface area contributed by atoms with Gasteiger partial charge in [0.15, 0.2) is 0 Å². The normalized spacial score (nSPS) is 15.8. The van der Waals surface area contributed by atoms with Crippen LogP contribution in [0.3, 0.4) is 0 Å². The van der Waals surface area contributed by atoms with Crippen molar-refractivity contribution >= 4 is 11.6 Å². The Morgan fingerprint density at radius 1 is 1.54 bits per heavy atom. The first kappa shape index (κ1) is 8.16. The third-order valence-electron chi connectivity index (χ3n) is 2.23. The third kappa shape index (κ3) is 1.28. The summed E-state index contributed by atoms with van der Waals surface area (Å²) in [5, 5.41) is 0. The number of pyridine rings is 1. The molecule has 2 rings (SSSR count). The molecular weight excluding hydrogens is 171 g/mol. The largest absolute Gasteiger partial charge is 0.314 e. The number of amides is 1. The monoisotopic (exact) mass is 180 g/mol. The highest BCUT2D eigenvalue weighted by molar-refractivity contribution is 5.95. The Morgan fingerprint density at radius 3 is 3.08 bits per heavy atom. The summed E-state index contributed by atoms with van der Waals surface area (Å²) in [6.07, 6.45) is 2.25. The Balaban J connectivity index is 2.51. The first-order valence-electron chi connectivity index (χ1n) is 4.09. The van der Waals surface area contributed by atoms with Gasteiger partial charge in [-0.25, -0.2) is 4.39 Å². The second kappa shape index (κ2) is 2.80. The average molecular weight is 180 g/mol. The van der Waals surface area contributed by atoms with E-state index in [1.165, 1.54) is 17.2 Å². The molecule has 1 amide bonds. The molecule has 0 radical (unpaired) electrons. The number of nitrogens with zero attached hydrogens (tertiary/aromatic N) is 2. The first-order valence-corrected chi connectivity index (χ1v) is 4.09. The predicted molar refractivity (Wildman–Crippen MR) is 45.9 cm³/mol. The number of carbonyl (C=O) groups is 1. The topological polar surface area (TPSA) is 33.2 Å². The molecule has 0 saturated carbocycles. The summed E-state index contributed by atoms with van der Waals surface area (Å²) in [6.45, 7) is 0. The Morgan fingerprint density at radius 2 is 2.31 bits per heavy atom. The van der Waals surface area contributed by atoms with E-state index in [9.17, 15) is 9.18 Å². The van der Waals surface area contributed by atoms with Crippen molar-refractivity contribution in [1.82, 2.24) is 4.98 Å². The lowest BCUT2D eigenvalue weighted by Gasteiger charge is -2.24. The molecule has 4 heteroatoms. The van der Waals surface area contributed by atoms with Gasteiger partial charge in [0.25, 0.3) is 0 Å². The molecule has 13 heavy (non-hydrogen) atoms. The van der Waals surface area contributed by atoms with Gasteiger partial charge in [-0.3, -0.25) is 9.78 Å². The van der Waals surface area contributed by atoms with E-state index < -0.39 is 5.82 Å². The molecule has 0 aromatic carbocycles. The third-order valence-corrected chi connectivity index (χ3v) is 2.23. The molecule has 1 aliphatic heterocycles. The molecule has 0 spiro atoms. The van der Waals surface area contributed by atoms with Crippen molar-refractivity contribution in [2.75, 3.05) is 11.9 Å². The molecule has 68 valence electrons. The number of carbonyl (C=O) groups excluding carboxylic acids is 1. The van der Waals surface area contributed by atoms with Crippen LogP contribution in [-0.2, 0) is 11.2 Å². The molecule has 1 aromatic heterocycles. The molecule has 0 aliphatic carbocycles. The van der Waals surface area contributed by atoms with Crippen LogP contribution >= 0.6 is 0 Å². The number of halogens is 1. The van der Waals surface area contributed by atoms with Crippen LogP contribution in [0.4, 0.5) is 10.1 Å². The van der Waals surface area contributed by atoms with Crippen LogP contribution in [0.5, 0.6) is 0 Å². The number of anilines is 1.